The summed E-state index contributed by atoms with van der Waals surface area (Å²) < 4.78 is 26.6. The van der Waals surface area contributed by atoms with Crippen molar-refractivity contribution in [2.75, 3.05) is 7.05 Å². The van der Waals surface area contributed by atoms with Crippen LogP contribution in [-0.4, -0.2) is 37.8 Å². The van der Waals surface area contributed by atoms with Crippen LogP contribution in [0.2, 0.25) is 0 Å². The number of benzene rings is 1. The molecule has 140 valence electrons. The van der Waals surface area contributed by atoms with Crippen LogP contribution in [0, 0.1) is 11.8 Å². The SMILES string of the molecule is CC1CCCC(NC(=O)c2cccc(S(=O)(=O)N(C)C(C)C)c2)C1C. The molecule has 1 fully saturated rings. The summed E-state index contributed by atoms with van der Waals surface area (Å²) in [7, 11) is -2.04. The van der Waals surface area contributed by atoms with E-state index in [1.54, 1.807) is 19.2 Å². The van der Waals surface area contributed by atoms with Crippen molar-refractivity contribution in [3.8, 4) is 0 Å². The first-order chi connectivity index (χ1) is 11.6. The fraction of sp³-hybridized carbons (Fsp3) is 0.632. The number of sulfonamides is 1. The topological polar surface area (TPSA) is 66.5 Å². The second kappa shape index (κ2) is 7.87. The minimum atomic E-state index is -3.59. The first-order valence-electron chi connectivity index (χ1n) is 9.03. The van der Waals surface area contributed by atoms with Gasteiger partial charge in [-0.05, 0) is 50.3 Å². The summed E-state index contributed by atoms with van der Waals surface area (Å²) in [5, 5.41) is 3.10. The standard InChI is InChI=1S/C19H30N2O3S/c1-13(2)21(5)25(23,24)17-10-7-9-16(12-17)19(22)20-18-11-6-8-14(3)15(18)4/h7,9-10,12-15,18H,6,8,11H2,1-5H3,(H,20,22). The third-order valence-electron chi connectivity index (χ3n) is 5.52. The number of hydrogen-bond donors (Lipinski definition) is 1. The maximum atomic E-state index is 12.6. The molecule has 1 aromatic carbocycles. The lowest BCUT2D eigenvalue weighted by molar-refractivity contribution is 0.0891. The molecular formula is C19H30N2O3S. The number of carbonyl (C=O) groups excluding carboxylic acids is 1. The van der Waals surface area contributed by atoms with Gasteiger partial charge in [-0.15, -0.1) is 0 Å². The maximum absolute atomic E-state index is 12.6. The summed E-state index contributed by atoms with van der Waals surface area (Å²) in [5.74, 6) is 0.817. The van der Waals surface area contributed by atoms with E-state index in [1.165, 1.54) is 22.9 Å². The van der Waals surface area contributed by atoms with Crippen LogP contribution < -0.4 is 5.32 Å². The molecule has 1 saturated carbocycles. The predicted molar refractivity (Wildman–Crippen MR) is 100.0 cm³/mol. The second-order valence-corrected chi connectivity index (χ2v) is 9.49. The molecule has 1 aromatic rings. The highest BCUT2D eigenvalue weighted by Gasteiger charge is 2.29. The van der Waals surface area contributed by atoms with Crippen LogP contribution in [0.4, 0.5) is 0 Å². The number of nitrogens with one attached hydrogen (secondary N) is 1. The lowest BCUT2D eigenvalue weighted by Crippen LogP contribution is -2.43. The van der Waals surface area contributed by atoms with E-state index in [0.29, 0.717) is 17.4 Å². The molecule has 1 aliphatic carbocycles. The fourth-order valence-corrected chi connectivity index (χ4v) is 4.69. The van der Waals surface area contributed by atoms with Crippen molar-refractivity contribution in [1.29, 1.82) is 0 Å². The lowest BCUT2D eigenvalue weighted by Gasteiger charge is -2.34. The maximum Gasteiger partial charge on any atom is 0.251 e. The number of carbonyl (C=O) groups is 1. The van der Waals surface area contributed by atoms with E-state index >= 15 is 0 Å². The van der Waals surface area contributed by atoms with E-state index in [4.69, 9.17) is 0 Å². The van der Waals surface area contributed by atoms with Crippen molar-refractivity contribution in [3.05, 3.63) is 29.8 Å². The average molecular weight is 367 g/mol. The fourth-order valence-electron chi connectivity index (χ4n) is 3.28. The molecule has 25 heavy (non-hydrogen) atoms. The van der Waals surface area contributed by atoms with Crippen molar-refractivity contribution in [3.63, 3.8) is 0 Å². The van der Waals surface area contributed by atoms with Crippen LogP contribution in [0.15, 0.2) is 29.2 Å². The average Bonchev–Trinajstić information content (AvgIpc) is 2.58. The summed E-state index contributed by atoms with van der Waals surface area (Å²) in [5.41, 5.74) is 0.392. The molecule has 0 aliphatic heterocycles. The molecule has 1 amide bonds. The lowest BCUT2D eigenvalue weighted by atomic mass is 9.78. The normalized spacial score (nSPS) is 24.5. The minimum absolute atomic E-state index is 0.146. The van der Waals surface area contributed by atoms with Gasteiger partial charge in [0, 0.05) is 24.7 Å². The van der Waals surface area contributed by atoms with Gasteiger partial charge < -0.3 is 5.32 Å². The molecule has 0 bridgehead atoms. The molecule has 1 N–H and O–H groups in total. The van der Waals surface area contributed by atoms with Gasteiger partial charge in [-0.1, -0.05) is 32.8 Å². The Kier molecular flexibility index (Phi) is 6.27. The van der Waals surface area contributed by atoms with Crippen LogP contribution in [0.3, 0.4) is 0 Å². The summed E-state index contributed by atoms with van der Waals surface area (Å²) in [6, 6.07) is 6.31. The van der Waals surface area contributed by atoms with Crippen molar-refractivity contribution in [2.24, 2.45) is 11.8 Å². The number of nitrogens with zero attached hydrogens (tertiary/aromatic N) is 1. The highest BCUT2D eigenvalue weighted by Crippen LogP contribution is 2.29. The van der Waals surface area contributed by atoms with Crippen LogP contribution in [0.25, 0.3) is 0 Å². The number of hydrogen-bond acceptors (Lipinski definition) is 3. The molecule has 0 heterocycles. The molecule has 5 nitrogen and oxygen atoms in total. The Bertz CT molecular complexity index is 715. The van der Waals surface area contributed by atoms with E-state index in [-0.39, 0.29) is 22.9 Å². The second-order valence-electron chi connectivity index (χ2n) is 7.49. The van der Waals surface area contributed by atoms with E-state index in [2.05, 4.69) is 19.2 Å². The zero-order valence-electron chi connectivity index (χ0n) is 15.8. The Morgan fingerprint density at radius 2 is 1.92 bits per heavy atom. The van der Waals surface area contributed by atoms with E-state index in [9.17, 15) is 13.2 Å². The third-order valence-corrected chi connectivity index (χ3v) is 7.55. The number of rotatable bonds is 5. The van der Waals surface area contributed by atoms with Gasteiger partial charge in [-0.2, -0.15) is 4.31 Å². The zero-order chi connectivity index (χ0) is 18.8. The summed E-state index contributed by atoms with van der Waals surface area (Å²) in [6.07, 6.45) is 3.29. The van der Waals surface area contributed by atoms with Gasteiger partial charge >= 0.3 is 0 Å². The molecule has 0 aromatic heterocycles. The van der Waals surface area contributed by atoms with E-state index < -0.39 is 10.0 Å². The summed E-state index contributed by atoms with van der Waals surface area (Å²) in [4.78, 5) is 12.8. The molecular weight excluding hydrogens is 336 g/mol. The Morgan fingerprint density at radius 1 is 1.24 bits per heavy atom. The Labute approximate surface area is 151 Å². The quantitative estimate of drug-likeness (QED) is 0.870. The van der Waals surface area contributed by atoms with Crippen molar-refractivity contribution in [1.82, 2.24) is 9.62 Å². The molecule has 3 unspecified atom stereocenters. The van der Waals surface area contributed by atoms with Gasteiger partial charge in [0.1, 0.15) is 0 Å². The first-order valence-corrected chi connectivity index (χ1v) is 10.5. The Balaban J connectivity index is 2.19. The predicted octanol–water partition coefficient (Wildman–Crippen LogP) is 3.27. The van der Waals surface area contributed by atoms with Gasteiger partial charge in [-0.25, -0.2) is 8.42 Å². The van der Waals surface area contributed by atoms with E-state index in [0.717, 1.165) is 12.8 Å². The highest BCUT2D eigenvalue weighted by molar-refractivity contribution is 7.89. The zero-order valence-corrected chi connectivity index (χ0v) is 16.6. The monoisotopic (exact) mass is 366 g/mol. The van der Waals surface area contributed by atoms with Crippen LogP contribution in [0.1, 0.15) is 57.3 Å². The van der Waals surface area contributed by atoms with E-state index in [1.807, 2.05) is 13.8 Å². The Morgan fingerprint density at radius 3 is 2.56 bits per heavy atom. The van der Waals surface area contributed by atoms with Crippen molar-refractivity contribution in [2.45, 2.75) is 63.9 Å². The smallest absolute Gasteiger partial charge is 0.251 e. The summed E-state index contributed by atoms with van der Waals surface area (Å²) >= 11 is 0. The third kappa shape index (κ3) is 4.42. The van der Waals surface area contributed by atoms with Gasteiger partial charge in [0.05, 0.1) is 4.90 Å². The van der Waals surface area contributed by atoms with Crippen LogP contribution in [-0.2, 0) is 10.0 Å². The van der Waals surface area contributed by atoms with Crippen molar-refractivity contribution >= 4 is 15.9 Å². The molecule has 0 radical (unpaired) electrons. The van der Waals surface area contributed by atoms with Crippen molar-refractivity contribution < 1.29 is 13.2 Å². The number of amides is 1. The van der Waals surface area contributed by atoms with Gasteiger partial charge in [0.2, 0.25) is 10.0 Å². The highest BCUT2D eigenvalue weighted by atomic mass is 32.2. The summed E-state index contributed by atoms with van der Waals surface area (Å²) in [6.45, 7) is 8.03. The largest absolute Gasteiger partial charge is 0.349 e. The molecule has 0 spiro atoms. The van der Waals surface area contributed by atoms with Crippen LogP contribution >= 0.6 is 0 Å². The molecule has 3 atom stereocenters. The first kappa shape index (κ1) is 19.9. The Hall–Kier alpha value is -1.40. The molecule has 6 heteroatoms. The van der Waals surface area contributed by atoms with Gasteiger partial charge in [0.25, 0.3) is 5.91 Å². The van der Waals surface area contributed by atoms with Gasteiger partial charge in [-0.3, -0.25) is 4.79 Å². The molecule has 1 aliphatic rings. The van der Waals surface area contributed by atoms with Crippen LogP contribution in [0.5, 0.6) is 0 Å². The minimum Gasteiger partial charge on any atom is -0.349 e. The molecule has 2 rings (SSSR count). The molecule has 0 saturated heterocycles. The van der Waals surface area contributed by atoms with Gasteiger partial charge in [0.15, 0.2) is 0 Å².